The highest BCUT2D eigenvalue weighted by Gasteiger charge is 2.22. The fraction of sp³-hybridized carbons (Fsp3) is 0.176. The van der Waals surface area contributed by atoms with Crippen LogP contribution in [-0.2, 0) is 16.0 Å². The molecule has 1 atom stereocenters. The van der Waals surface area contributed by atoms with Crippen molar-refractivity contribution in [2.24, 2.45) is 0 Å². The number of methoxy groups -OCH3 is 1. The van der Waals surface area contributed by atoms with Gasteiger partial charge in [0.1, 0.15) is 11.8 Å². The van der Waals surface area contributed by atoms with Crippen molar-refractivity contribution in [1.29, 1.82) is 0 Å². The van der Waals surface area contributed by atoms with Gasteiger partial charge in [-0.05, 0) is 42.0 Å². The number of amides is 1. The van der Waals surface area contributed by atoms with E-state index in [1.165, 1.54) is 31.4 Å². The largest absolute Gasteiger partial charge is 0.508 e. The zero-order valence-electron chi connectivity index (χ0n) is 12.5. The molecule has 2 N–H and O–H groups in total. The van der Waals surface area contributed by atoms with Gasteiger partial charge in [-0.25, -0.2) is 4.79 Å². The molecule has 0 spiro atoms. The van der Waals surface area contributed by atoms with Crippen molar-refractivity contribution < 1.29 is 19.4 Å². The first-order valence-electron chi connectivity index (χ1n) is 6.92. The first-order chi connectivity index (χ1) is 11.0. The van der Waals surface area contributed by atoms with Gasteiger partial charge in [0.15, 0.2) is 0 Å². The smallest absolute Gasteiger partial charge is 0.328 e. The number of halogens is 1. The first kappa shape index (κ1) is 17.0. The minimum Gasteiger partial charge on any atom is -0.508 e. The van der Waals surface area contributed by atoms with E-state index in [1.807, 2.05) is 24.3 Å². The summed E-state index contributed by atoms with van der Waals surface area (Å²) in [6.45, 7) is 0. The number of ether oxygens (including phenoxy) is 1. The monoisotopic (exact) mass is 377 g/mol. The van der Waals surface area contributed by atoms with E-state index in [0.29, 0.717) is 12.0 Å². The van der Waals surface area contributed by atoms with E-state index in [2.05, 4.69) is 21.2 Å². The Morgan fingerprint density at radius 2 is 1.91 bits per heavy atom. The number of benzene rings is 2. The Kier molecular flexibility index (Phi) is 5.76. The molecular weight excluding hydrogens is 362 g/mol. The maximum Gasteiger partial charge on any atom is 0.328 e. The Hall–Kier alpha value is -2.34. The molecule has 0 bridgehead atoms. The average Bonchev–Trinajstić information content (AvgIpc) is 2.54. The molecule has 2 aromatic carbocycles. The van der Waals surface area contributed by atoms with Gasteiger partial charge in [0.25, 0.3) is 5.91 Å². The molecule has 23 heavy (non-hydrogen) atoms. The summed E-state index contributed by atoms with van der Waals surface area (Å²) in [6.07, 6.45) is 0.315. The van der Waals surface area contributed by atoms with Crippen molar-refractivity contribution in [3.63, 3.8) is 0 Å². The van der Waals surface area contributed by atoms with Crippen LogP contribution in [0.25, 0.3) is 0 Å². The van der Waals surface area contributed by atoms with Crippen LogP contribution >= 0.6 is 15.9 Å². The summed E-state index contributed by atoms with van der Waals surface area (Å²) in [5.41, 5.74) is 1.24. The molecule has 2 rings (SSSR count). The van der Waals surface area contributed by atoms with Crippen LogP contribution in [0.1, 0.15) is 15.9 Å². The van der Waals surface area contributed by atoms with Crippen LogP contribution in [0, 0.1) is 0 Å². The minimum atomic E-state index is -0.796. The standard InChI is InChI=1S/C17H16BrNO4/c1-23-17(22)15(10-11-3-2-4-13(18)9-11)19-16(21)12-5-7-14(20)8-6-12/h2-9,15,20H,10H2,1H3,(H,19,21)/t15-/m1/s1. The predicted octanol–water partition coefficient (Wildman–Crippen LogP) is 2.67. The second kappa shape index (κ2) is 7.78. The number of esters is 1. The second-order valence-electron chi connectivity index (χ2n) is 4.93. The van der Waals surface area contributed by atoms with Gasteiger partial charge in [0, 0.05) is 16.5 Å². The van der Waals surface area contributed by atoms with Gasteiger partial charge < -0.3 is 15.2 Å². The number of carbonyl (C=O) groups is 2. The van der Waals surface area contributed by atoms with Gasteiger partial charge in [-0.15, -0.1) is 0 Å². The lowest BCUT2D eigenvalue weighted by Crippen LogP contribution is -2.43. The molecule has 0 unspecified atom stereocenters. The molecule has 120 valence electrons. The van der Waals surface area contributed by atoms with Gasteiger partial charge >= 0.3 is 5.97 Å². The Labute approximate surface area is 142 Å². The van der Waals surface area contributed by atoms with E-state index in [-0.39, 0.29) is 5.75 Å². The van der Waals surface area contributed by atoms with Crippen LogP contribution in [0.4, 0.5) is 0 Å². The third-order valence-corrected chi connectivity index (χ3v) is 3.74. The van der Waals surface area contributed by atoms with Crippen LogP contribution in [-0.4, -0.2) is 30.1 Å². The lowest BCUT2D eigenvalue weighted by Gasteiger charge is -2.17. The highest BCUT2D eigenvalue weighted by molar-refractivity contribution is 9.10. The van der Waals surface area contributed by atoms with Gasteiger partial charge in [0.05, 0.1) is 7.11 Å². The summed E-state index contributed by atoms with van der Waals surface area (Å²) in [5.74, 6) is -0.854. The summed E-state index contributed by atoms with van der Waals surface area (Å²) in [6, 6.07) is 12.5. The zero-order valence-corrected chi connectivity index (χ0v) is 14.0. The number of rotatable bonds is 5. The lowest BCUT2D eigenvalue weighted by molar-refractivity contribution is -0.142. The molecule has 2 aromatic rings. The van der Waals surface area contributed by atoms with Crippen molar-refractivity contribution in [3.8, 4) is 5.75 Å². The third-order valence-electron chi connectivity index (χ3n) is 3.25. The molecular formula is C17H16BrNO4. The fourth-order valence-corrected chi connectivity index (χ4v) is 2.54. The van der Waals surface area contributed by atoms with E-state index >= 15 is 0 Å². The SMILES string of the molecule is COC(=O)[C@@H](Cc1cccc(Br)c1)NC(=O)c1ccc(O)cc1. The normalized spacial score (nSPS) is 11.6. The summed E-state index contributed by atoms with van der Waals surface area (Å²) in [7, 11) is 1.28. The topological polar surface area (TPSA) is 75.6 Å². The molecule has 0 saturated carbocycles. The lowest BCUT2D eigenvalue weighted by atomic mass is 10.1. The summed E-state index contributed by atoms with van der Waals surface area (Å²) in [5, 5.41) is 11.9. The Morgan fingerprint density at radius 3 is 2.52 bits per heavy atom. The van der Waals surface area contributed by atoms with Crippen LogP contribution in [0.5, 0.6) is 5.75 Å². The number of phenolic OH excluding ortho intramolecular Hbond substituents is 1. The van der Waals surface area contributed by atoms with E-state index in [4.69, 9.17) is 4.74 Å². The number of phenols is 1. The third kappa shape index (κ3) is 4.82. The quantitative estimate of drug-likeness (QED) is 0.785. The molecule has 0 saturated heterocycles. The minimum absolute atomic E-state index is 0.0696. The molecule has 1 amide bonds. The van der Waals surface area contributed by atoms with Crippen molar-refractivity contribution in [3.05, 3.63) is 64.1 Å². The molecule has 0 aliphatic rings. The molecule has 0 radical (unpaired) electrons. The second-order valence-corrected chi connectivity index (χ2v) is 5.85. The number of hydrogen-bond donors (Lipinski definition) is 2. The van der Waals surface area contributed by atoms with E-state index in [1.54, 1.807) is 0 Å². The summed E-state index contributed by atoms with van der Waals surface area (Å²) >= 11 is 3.37. The maximum absolute atomic E-state index is 12.2. The van der Waals surface area contributed by atoms with Crippen molar-refractivity contribution in [2.45, 2.75) is 12.5 Å². The number of nitrogens with one attached hydrogen (secondary N) is 1. The first-order valence-corrected chi connectivity index (χ1v) is 7.71. The highest BCUT2D eigenvalue weighted by atomic mass is 79.9. The molecule has 0 aromatic heterocycles. The summed E-state index contributed by atoms with van der Waals surface area (Å²) < 4.78 is 5.66. The van der Waals surface area contributed by atoms with Gasteiger partial charge in [-0.3, -0.25) is 4.79 Å². The van der Waals surface area contributed by atoms with Gasteiger partial charge in [-0.2, -0.15) is 0 Å². The molecule has 0 aliphatic carbocycles. The number of hydrogen-bond acceptors (Lipinski definition) is 4. The zero-order chi connectivity index (χ0) is 16.8. The van der Waals surface area contributed by atoms with Crippen molar-refractivity contribution in [1.82, 2.24) is 5.32 Å². The molecule has 5 nitrogen and oxygen atoms in total. The average molecular weight is 378 g/mol. The Bertz CT molecular complexity index is 700. The number of aromatic hydroxyl groups is 1. The number of carbonyl (C=O) groups excluding carboxylic acids is 2. The van der Waals surface area contributed by atoms with Crippen LogP contribution < -0.4 is 5.32 Å². The van der Waals surface area contributed by atoms with Crippen LogP contribution in [0.3, 0.4) is 0 Å². The van der Waals surface area contributed by atoms with Crippen molar-refractivity contribution >= 4 is 27.8 Å². The van der Waals surface area contributed by atoms with E-state index < -0.39 is 17.9 Å². The van der Waals surface area contributed by atoms with E-state index in [0.717, 1.165) is 10.0 Å². The maximum atomic E-state index is 12.2. The van der Waals surface area contributed by atoms with Crippen LogP contribution in [0.15, 0.2) is 53.0 Å². The molecule has 6 heteroatoms. The predicted molar refractivity (Wildman–Crippen MR) is 89.2 cm³/mol. The van der Waals surface area contributed by atoms with Gasteiger partial charge in [0.2, 0.25) is 0 Å². The highest BCUT2D eigenvalue weighted by Crippen LogP contribution is 2.14. The summed E-state index contributed by atoms with van der Waals surface area (Å²) in [4.78, 5) is 24.2. The Morgan fingerprint density at radius 1 is 1.22 bits per heavy atom. The van der Waals surface area contributed by atoms with Crippen molar-refractivity contribution in [2.75, 3.05) is 7.11 Å². The molecule has 0 fully saturated rings. The van der Waals surface area contributed by atoms with Gasteiger partial charge in [-0.1, -0.05) is 28.1 Å². The van der Waals surface area contributed by atoms with E-state index in [9.17, 15) is 14.7 Å². The fourth-order valence-electron chi connectivity index (χ4n) is 2.09. The molecule has 0 aliphatic heterocycles. The Balaban J connectivity index is 2.13. The molecule has 0 heterocycles. The van der Waals surface area contributed by atoms with Crippen LogP contribution in [0.2, 0.25) is 0 Å².